The Morgan fingerprint density at radius 2 is 1.86 bits per heavy atom. The summed E-state index contributed by atoms with van der Waals surface area (Å²) in [4.78, 5) is 11.5. The van der Waals surface area contributed by atoms with Crippen molar-refractivity contribution in [3.05, 3.63) is 36.4 Å². The van der Waals surface area contributed by atoms with Crippen LogP contribution in [-0.2, 0) is 0 Å². The lowest BCUT2D eigenvalue weighted by atomic mass is 10.2. The number of hydrogen-bond acceptors (Lipinski definition) is 4. The summed E-state index contributed by atoms with van der Waals surface area (Å²) in [5, 5.41) is 3.29. The summed E-state index contributed by atoms with van der Waals surface area (Å²) >= 11 is 0. The molecular weight excluding hydrogens is 260 g/mol. The summed E-state index contributed by atoms with van der Waals surface area (Å²) in [7, 11) is 2.08. The predicted molar refractivity (Wildman–Crippen MR) is 89.8 cm³/mol. The van der Waals surface area contributed by atoms with Crippen LogP contribution >= 0.6 is 0 Å². The SMILES string of the molecule is CCNc1cc(N(C)C(C)CC)nc(-c2ccccc2)n1. The summed E-state index contributed by atoms with van der Waals surface area (Å²) in [5.41, 5.74) is 1.04. The zero-order valence-electron chi connectivity index (χ0n) is 13.3. The molecule has 1 N–H and O–H groups in total. The molecule has 0 aliphatic rings. The number of nitrogens with one attached hydrogen (secondary N) is 1. The maximum atomic E-state index is 4.73. The maximum absolute atomic E-state index is 4.73. The van der Waals surface area contributed by atoms with Crippen LogP contribution in [0.4, 0.5) is 11.6 Å². The average Bonchev–Trinajstić information content (AvgIpc) is 2.54. The molecule has 1 atom stereocenters. The van der Waals surface area contributed by atoms with Gasteiger partial charge >= 0.3 is 0 Å². The molecule has 0 saturated heterocycles. The molecule has 1 aromatic carbocycles. The monoisotopic (exact) mass is 284 g/mol. The van der Waals surface area contributed by atoms with Crippen LogP contribution in [0, 0.1) is 0 Å². The van der Waals surface area contributed by atoms with E-state index in [0.717, 1.165) is 36.0 Å². The van der Waals surface area contributed by atoms with E-state index in [0.29, 0.717) is 6.04 Å². The molecular formula is C17H24N4. The second kappa shape index (κ2) is 7.07. The van der Waals surface area contributed by atoms with E-state index in [2.05, 4.69) is 43.0 Å². The number of benzene rings is 1. The molecule has 0 aliphatic heterocycles. The second-order valence-corrected chi connectivity index (χ2v) is 5.20. The Morgan fingerprint density at radius 1 is 1.14 bits per heavy atom. The van der Waals surface area contributed by atoms with Gasteiger partial charge in [0, 0.05) is 31.3 Å². The number of hydrogen-bond donors (Lipinski definition) is 1. The average molecular weight is 284 g/mol. The molecule has 0 aliphatic carbocycles. The van der Waals surface area contributed by atoms with Crippen molar-refractivity contribution in [1.29, 1.82) is 0 Å². The number of aromatic nitrogens is 2. The van der Waals surface area contributed by atoms with Gasteiger partial charge in [0.25, 0.3) is 0 Å². The third-order valence-corrected chi connectivity index (χ3v) is 3.72. The van der Waals surface area contributed by atoms with Gasteiger partial charge in [-0.15, -0.1) is 0 Å². The molecule has 1 heterocycles. The molecule has 1 aromatic heterocycles. The van der Waals surface area contributed by atoms with Crippen molar-refractivity contribution in [1.82, 2.24) is 9.97 Å². The highest BCUT2D eigenvalue weighted by Gasteiger charge is 2.13. The molecule has 112 valence electrons. The Morgan fingerprint density at radius 3 is 2.48 bits per heavy atom. The fraction of sp³-hybridized carbons (Fsp3) is 0.412. The van der Waals surface area contributed by atoms with Crippen LogP contribution < -0.4 is 10.2 Å². The molecule has 2 aromatic rings. The van der Waals surface area contributed by atoms with E-state index in [9.17, 15) is 0 Å². The first-order valence-corrected chi connectivity index (χ1v) is 7.56. The minimum Gasteiger partial charge on any atom is -0.370 e. The van der Waals surface area contributed by atoms with E-state index in [1.807, 2.05) is 36.4 Å². The van der Waals surface area contributed by atoms with Crippen molar-refractivity contribution in [3.63, 3.8) is 0 Å². The first-order chi connectivity index (χ1) is 10.2. The fourth-order valence-corrected chi connectivity index (χ4v) is 2.10. The number of nitrogens with zero attached hydrogens (tertiary/aromatic N) is 3. The van der Waals surface area contributed by atoms with Gasteiger partial charge in [0.1, 0.15) is 11.6 Å². The maximum Gasteiger partial charge on any atom is 0.163 e. The number of rotatable bonds is 6. The van der Waals surface area contributed by atoms with Gasteiger partial charge in [-0.3, -0.25) is 0 Å². The molecule has 21 heavy (non-hydrogen) atoms. The smallest absolute Gasteiger partial charge is 0.163 e. The highest BCUT2D eigenvalue weighted by molar-refractivity contribution is 5.61. The molecule has 4 nitrogen and oxygen atoms in total. The van der Waals surface area contributed by atoms with Gasteiger partial charge < -0.3 is 10.2 Å². The molecule has 0 radical (unpaired) electrons. The van der Waals surface area contributed by atoms with E-state index in [1.165, 1.54) is 0 Å². The van der Waals surface area contributed by atoms with Gasteiger partial charge in [-0.05, 0) is 20.3 Å². The summed E-state index contributed by atoms with van der Waals surface area (Å²) in [6.45, 7) is 7.31. The van der Waals surface area contributed by atoms with Crippen LogP contribution in [0.2, 0.25) is 0 Å². The Bertz CT molecular complexity index is 568. The lowest BCUT2D eigenvalue weighted by Crippen LogP contribution is -2.29. The summed E-state index contributed by atoms with van der Waals surface area (Å²) in [5.74, 6) is 2.59. The summed E-state index contributed by atoms with van der Waals surface area (Å²) < 4.78 is 0. The van der Waals surface area contributed by atoms with Crippen LogP contribution in [0.25, 0.3) is 11.4 Å². The Kier molecular flexibility index (Phi) is 5.14. The minimum absolute atomic E-state index is 0.443. The van der Waals surface area contributed by atoms with E-state index < -0.39 is 0 Å². The Hall–Kier alpha value is -2.10. The van der Waals surface area contributed by atoms with Crippen molar-refractivity contribution in [2.45, 2.75) is 33.2 Å². The van der Waals surface area contributed by atoms with Crippen molar-refractivity contribution >= 4 is 11.6 Å². The van der Waals surface area contributed by atoms with Gasteiger partial charge in [-0.25, -0.2) is 9.97 Å². The van der Waals surface area contributed by atoms with Gasteiger partial charge in [-0.2, -0.15) is 0 Å². The minimum atomic E-state index is 0.443. The zero-order valence-corrected chi connectivity index (χ0v) is 13.3. The topological polar surface area (TPSA) is 41.0 Å². The van der Waals surface area contributed by atoms with Crippen molar-refractivity contribution in [3.8, 4) is 11.4 Å². The van der Waals surface area contributed by atoms with Crippen molar-refractivity contribution in [2.75, 3.05) is 23.8 Å². The van der Waals surface area contributed by atoms with Crippen LogP contribution in [0.3, 0.4) is 0 Å². The third-order valence-electron chi connectivity index (χ3n) is 3.72. The van der Waals surface area contributed by atoms with Crippen molar-refractivity contribution < 1.29 is 0 Å². The van der Waals surface area contributed by atoms with Crippen LogP contribution in [0.5, 0.6) is 0 Å². The lowest BCUT2D eigenvalue weighted by Gasteiger charge is -2.25. The second-order valence-electron chi connectivity index (χ2n) is 5.20. The summed E-state index contributed by atoms with van der Waals surface area (Å²) in [6.07, 6.45) is 1.08. The largest absolute Gasteiger partial charge is 0.370 e. The first-order valence-electron chi connectivity index (χ1n) is 7.56. The van der Waals surface area contributed by atoms with Crippen LogP contribution in [0.1, 0.15) is 27.2 Å². The zero-order chi connectivity index (χ0) is 15.2. The van der Waals surface area contributed by atoms with Crippen LogP contribution in [-0.4, -0.2) is 29.6 Å². The highest BCUT2D eigenvalue weighted by Crippen LogP contribution is 2.23. The molecule has 0 saturated carbocycles. The van der Waals surface area contributed by atoms with E-state index in [-0.39, 0.29) is 0 Å². The standard InChI is InChI=1S/C17H24N4/c1-5-13(3)21(4)16-12-15(18-6-2)19-17(20-16)14-10-8-7-9-11-14/h7-13H,5-6H2,1-4H3,(H,18,19,20). The van der Waals surface area contributed by atoms with E-state index in [4.69, 9.17) is 4.98 Å². The number of anilines is 2. The predicted octanol–water partition coefficient (Wildman–Crippen LogP) is 3.81. The van der Waals surface area contributed by atoms with Crippen molar-refractivity contribution in [2.24, 2.45) is 0 Å². The highest BCUT2D eigenvalue weighted by atomic mass is 15.2. The molecule has 1 unspecified atom stereocenters. The first kappa shape index (κ1) is 15.3. The van der Waals surface area contributed by atoms with E-state index in [1.54, 1.807) is 0 Å². The quantitative estimate of drug-likeness (QED) is 0.875. The molecule has 0 spiro atoms. The molecule has 0 bridgehead atoms. The fourth-order valence-electron chi connectivity index (χ4n) is 2.10. The van der Waals surface area contributed by atoms with Gasteiger partial charge in [-0.1, -0.05) is 37.3 Å². The van der Waals surface area contributed by atoms with Gasteiger partial charge in [0.05, 0.1) is 0 Å². The lowest BCUT2D eigenvalue weighted by molar-refractivity contribution is 0.656. The Labute approximate surface area is 127 Å². The van der Waals surface area contributed by atoms with Crippen LogP contribution in [0.15, 0.2) is 36.4 Å². The Balaban J connectivity index is 2.44. The van der Waals surface area contributed by atoms with Gasteiger partial charge in [0.2, 0.25) is 0 Å². The molecule has 2 rings (SSSR count). The molecule has 4 heteroatoms. The van der Waals surface area contributed by atoms with Gasteiger partial charge in [0.15, 0.2) is 5.82 Å². The molecule has 0 fully saturated rings. The molecule has 0 amide bonds. The third kappa shape index (κ3) is 3.72. The summed E-state index contributed by atoms with van der Waals surface area (Å²) in [6, 6.07) is 12.6. The normalized spacial score (nSPS) is 12.0. The van der Waals surface area contributed by atoms with E-state index >= 15 is 0 Å².